The Morgan fingerprint density at radius 2 is 1.47 bits per heavy atom. The van der Waals surface area contributed by atoms with Gasteiger partial charge in [-0.15, -0.1) is 0 Å². The predicted octanol–water partition coefficient (Wildman–Crippen LogP) is 4.18. The minimum Gasteiger partial charge on any atom is -0.427 e. The highest BCUT2D eigenvalue weighted by atomic mass is 31.2. The molecule has 0 unspecified atom stereocenters. The van der Waals surface area contributed by atoms with Gasteiger partial charge in [-0.2, -0.15) is 0 Å². The molecule has 19 heavy (non-hydrogen) atoms. The molecule has 0 amide bonds. The molecule has 1 aromatic carbocycles. The van der Waals surface area contributed by atoms with Crippen molar-refractivity contribution in [1.29, 1.82) is 0 Å². The van der Waals surface area contributed by atoms with Crippen molar-refractivity contribution in [3.63, 3.8) is 0 Å². The minimum absolute atomic E-state index is 0.0474. The Labute approximate surface area is 117 Å². The molecule has 3 nitrogen and oxygen atoms in total. The summed E-state index contributed by atoms with van der Waals surface area (Å²) in [5.41, 5.74) is 3.38. The topological polar surface area (TPSA) is 49.7 Å². The summed E-state index contributed by atoms with van der Waals surface area (Å²) in [5.74, 6) is 0.564. The molecule has 1 aromatic rings. The van der Waals surface area contributed by atoms with Crippen LogP contribution in [0.1, 0.15) is 58.2 Å². The summed E-state index contributed by atoms with van der Waals surface area (Å²) in [4.78, 5) is 18.2. The van der Waals surface area contributed by atoms with Gasteiger partial charge in [-0.05, 0) is 34.9 Å². The molecule has 0 bridgehead atoms. The van der Waals surface area contributed by atoms with Crippen molar-refractivity contribution < 1.29 is 14.3 Å². The lowest BCUT2D eigenvalue weighted by Crippen LogP contribution is -2.20. The van der Waals surface area contributed by atoms with Gasteiger partial charge in [0.2, 0.25) is 0 Å². The third kappa shape index (κ3) is 3.92. The van der Waals surface area contributed by atoms with E-state index in [1.165, 1.54) is 5.56 Å². The summed E-state index contributed by atoms with van der Waals surface area (Å²) in [5, 5.41) is 0. The minimum atomic E-state index is -2.39. The van der Waals surface area contributed by atoms with Gasteiger partial charge in [0.1, 0.15) is 5.75 Å². The smallest absolute Gasteiger partial charge is 0.391 e. The van der Waals surface area contributed by atoms with E-state index in [0.717, 1.165) is 11.1 Å². The van der Waals surface area contributed by atoms with E-state index in [2.05, 4.69) is 48.5 Å². The predicted molar refractivity (Wildman–Crippen MR) is 80.6 cm³/mol. The number of hydrogen-bond donors (Lipinski definition) is 2. The van der Waals surface area contributed by atoms with Crippen molar-refractivity contribution in [2.24, 2.45) is 0 Å². The number of hydrogen-bond acceptors (Lipinski definition) is 3. The van der Waals surface area contributed by atoms with E-state index in [1.807, 2.05) is 12.1 Å². The van der Waals surface area contributed by atoms with Crippen LogP contribution in [0.25, 0.3) is 0 Å². The van der Waals surface area contributed by atoms with Crippen LogP contribution in [0, 0.1) is 6.92 Å². The zero-order valence-electron chi connectivity index (χ0n) is 12.9. The number of benzene rings is 1. The van der Waals surface area contributed by atoms with Gasteiger partial charge in [0.25, 0.3) is 0 Å². The summed E-state index contributed by atoms with van der Waals surface area (Å²) < 4.78 is 5.20. The van der Waals surface area contributed by atoms with E-state index in [4.69, 9.17) is 14.3 Å². The zero-order chi connectivity index (χ0) is 15.0. The van der Waals surface area contributed by atoms with E-state index >= 15 is 0 Å². The fourth-order valence-electron chi connectivity index (χ4n) is 2.60. The first-order chi connectivity index (χ1) is 8.44. The molecule has 1 rings (SSSR count). The molecular weight excluding hydrogens is 259 g/mol. The summed E-state index contributed by atoms with van der Waals surface area (Å²) >= 11 is 0. The maximum absolute atomic E-state index is 9.11. The highest BCUT2D eigenvalue weighted by Gasteiger charge is 2.27. The second kappa shape index (κ2) is 5.40. The molecule has 0 fully saturated rings. The van der Waals surface area contributed by atoms with Gasteiger partial charge < -0.3 is 14.3 Å². The molecule has 2 N–H and O–H groups in total. The molecule has 0 aliphatic rings. The first-order valence-corrected chi connectivity index (χ1v) is 7.61. The molecule has 0 spiro atoms. The summed E-state index contributed by atoms with van der Waals surface area (Å²) in [7, 11) is -2.39. The van der Waals surface area contributed by atoms with Gasteiger partial charge in [-0.1, -0.05) is 47.6 Å². The van der Waals surface area contributed by atoms with E-state index < -0.39 is 8.60 Å². The molecule has 0 saturated carbocycles. The Morgan fingerprint density at radius 3 is 1.84 bits per heavy atom. The van der Waals surface area contributed by atoms with Gasteiger partial charge in [0.05, 0.1) is 0 Å². The molecule has 0 aliphatic heterocycles. The van der Waals surface area contributed by atoms with Gasteiger partial charge >= 0.3 is 8.60 Å². The molecule has 0 heterocycles. The Hall–Kier alpha value is -0.630. The van der Waals surface area contributed by atoms with Crippen molar-refractivity contribution in [2.75, 3.05) is 0 Å². The van der Waals surface area contributed by atoms with Crippen LogP contribution in [0.4, 0.5) is 0 Å². The second-order valence-corrected chi connectivity index (χ2v) is 7.64. The highest BCUT2D eigenvalue weighted by Crippen LogP contribution is 2.42. The SMILES string of the molecule is Cc1c(C(C)(C)C)ccc(OP(O)O)c1C(C)(C)C. The largest absolute Gasteiger partial charge is 0.427 e. The Balaban J connectivity index is 3.50. The van der Waals surface area contributed by atoms with Crippen molar-refractivity contribution in [1.82, 2.24) is 0 Å². The van der Waals surface area contributed by atoms with Crippen LogP contribution in [-0.2, 0) is 10.8 Å². The molecular formula is C15H25O3P. The van der Waals surface area contributed by atoms with Crippen molar-refractivity contribution in [2.45, 2.75) is 59.3 Å². The van der Waals surface area contributed by atoms with Gasteiger partial charge in [0, 0.05) is 5.56 Å². The fourth-order valence-corrected chi connectivity index (χ4v) is 2.92. The third-order valence-corrected chi connectivity index (χ3v) is 3.52. The maximum atomic E-state index is 9.11. The van der Waals surface area contributed by atoms with Crippen LogP contribution in [-0.4, -0.2) is 9.79 Å². The van der Waals surface area contributed by atoms with E-state index in [1.54, 1.807) is 0 Å². The standard InChI is InChI=1S/C15H25O3P/c1-10-11(14(2,3)4)8-9-12(18-19(16)17)13(10)15(5,6)7/h8-9,16-17H,1-7H3. The zero-order valence-corrected chi connectivity index (χ0v) is 13.8. The Morgan fingerprint density at radius 1 is 0.947 bits per heavy atom. The molecule has 0 radical (unpaired) electrons. The summed E-state index contributed by atoms with van der Waals surface area (Å²) in [6, 6.07) is 3.86. The average Bonchev–Trinajstić information content (AvgIpc) is 2.11. The molecule has 0 atom stereocenters. The highest BCUT2D eigenvalue weighted by molar-refractivity contribution is 7.39. The fraction of sp³-hybridized carbons (Fsp3) is 0.600. The van der Waals surface area contributed by atoms with Crippen molar-refractivity contribution >= 4 is 8.60 Å². The lowest BCUT2D eigenvalue weighted by molar-refractivity contribution is 0.369. The van der Waals surface area contributed by atoms with Crippen LogP contribution in [0.5, 0.6) is 5.75 Å². The molecule has 0 aliphatic carbocycles. The van der Waals surface area contributed by atoms with Gasteiger partial charge in [-0.3, -0.25) is 0 Å². The van der Waals surface area contributed by atoms with E-state index in [9.17, 15) is 0 Å². The van der Waals surface area contributed by atoms with Crippen LogP contribution in [0.2, 0.25) is 0 Å². The van der Waals surface area contributed by atoms with Crippen LogP contribution < -0.4 is 4.52 Å². The summed E-state index contributed by atoms with van der Waals surface area (Å²) in [6.07, 6.45) is 0. The molecule has 0 aromatic heterocycles. The van der Waals surface area contributed by atoms with Gasteiger partial charge in [-0.25, -0.2) is 0 Å². The first kappa shape index (κ1) is 16.4. The maximum Gasteiger partial charge on any atom is 0.391 e. The second-order valence-electron chi connectivity index (χ2n) is 6.96. The van der Waals surface area contributed by atoms with Crippen molar-refractivity contribution in [3.8, 4) is 5.75 Å². The van der Waals surface area contributed by atoms with Crippen LogP contribution in [0.3, 0.4) is 0 Å². The summed E-state index contributed by atoms with van der Waals surface area (Å²) in [6.45, 7) is 14.9. The third-order valence-electron chi connectivity index (χ3n) is 3.16. The van der Waals surface area contributed by atoms with E-state index in [0.29, 0.717) is 5.75 Å². The van der Waals surface area contributed by atoms with E-state index in [-0.39, 0.29) is 10.8 Å². The van der Waals surface area contributed by atoms with Crippen LogP contribution in [0.15, 0.2) is 12.1 Å². The first-order valence-electron chi connectivity index (χ1n) is 6.45. The van der Waals surface area contributed by atoms with Crippen LogP contribution >= 0.6 is 8.60 Å². The molecule has 108 valence electrons. The Kier molecular flexibility index (Phi) is 4.66. The molecule has 0 saturated heterocycles. The lowest BCUT2D eigenvalue weighted by atomic mass is 9.76. The monoisotopic (exact) mass is 284 g/mol. The van der Waals surface area contributed by atoms with Gasteiger partial charge in [0.15, 0.2) is 0 Å². The molecule has 4 heteroatoms. The average molecular weight is 284 g/mol. The number of rotatable bonds is 2. The quantitative estimate of drug-likeness (QED) is 0.801. The van der Waals surface area contributed by atoms with Crippen molar-refractivity contribution in [3.05, 3.63) is 28.8 Å². The lowest BCUT2D eigenvalue weighted by Gasteiger charge is -2.30. The Bertz CT molecular complexity index is 454. The normalized spacial score (nSPS) is 12.9.